The Morgan fingerprint density at radius 2 is 2.67 bits per heavy atom. The first-order valence-electron chi connectivity index (χ1n) is 1.49. The molecule has 0 atom stereocenters. The summed E-state index contributed by atoms with van der Waals surface area (Å²) in [6.07, 6.45) is 1.54. The molecule has 1 aromatic rings. The molecule has 0 saturated heterocycles. The van der Waals surface area contributed by atoms with Gasteiger partial charge in [-0.2, -0.15) is 0 Å². The highest BCUT2D eigenvalue weighted by atomic mass is 32.1. The van der Waals surface area contributed by atoms with Crippen molar-refractivity contribution < 1.29 is 4.52 Å². The van der Waals surface area contributed by atoms with E-state index in [0.29, 0.717) is 5.09 Å². The van der Waals surface area contributed by atoms with Gasteiger partial charge in [-0.15, -0.1) is 12.6 Å². The maximum atomic E-state index is 4.45. The first-order valence-corrected chi connectivity index (χ1v) is 1.94. The molecule has 6 heavy (non-hydrogen) atoms. The van der Waals surface area contributed by atoms with Crippen LogP contribution in [0.2, 0.25) is 0 Å². The third-order valence-electron chi connectivity index (χ3n) is 0.424. The first kappa shape index (κ1) is 3.74. The zero-order valence-corrected chi connectivity index (χ0v) is 3.85. The van der Waals surface area contributed by atoms with Crippen molar-refractivity contribution in [1.29, 1.82) is 0 Å². The van der Waals surface area contributed by atoms with Crippen molar-refractivity contribution >= 4 is 12.6 Å². The second-order valence-corrected chi connectivity index (χ2v) is 1.29. The molecule has 1 rings (SSSR count). The van der Waals surface area contributed by atoms with Gasteiger partial charge in [-0.05, 0) is 0 Å². The van der Waals surface area contributed by atoms with Gasteiger partial charge in [0.15, 0.2) is 5.09 Å². The number of rotatable bonds is 0. The third-order valence-corrected chi connectivity index (χ3v) is 0.655. The quantitative estimate of drug-likeness (QED) is 0.492. The molecule has 0 unspecified atom stereocenters. The zero-order chi connectivity index (χ0) is 4.41. The SMILES string of the molecule is Sc1ccno1. The lowest BCUT2D eigenvalue weighted by molar-refractivity contribution is 0.351. The standard InChI is InChI=1S/C3H3NOS/c6-3-1-2-4-5-3/h1-2,6H. The van der Waals surface area contributed by atoms with E-state index in [0.717, 1.165) is 0 Å². The van der Waals surface area contributed by atoms with E-state index in [1.165, 1.54) is 0 Å². The van der Waals surface area contributed by atoms with Crippen LogP contribution in [0, 0.1) is 0 Å². The Balaban J connectivity index is 3.05. The van der Waals surface area contributed by atoms with Crippen molar-refractivity contribution in [3.63, 3.8) is 0 Å². The van der Waals surface area contributed by atoms with E-state index in [-0.39, 0.29) is 0 Å². The summed E-state index contributed by atoms with van der Waals surface area (Å²) in [6.45, 7) is 0. The molecule has 3 heteroatoms. The molecule has 0 amide bonds. The molecule has 0 aromatic carbocycles. The maximum absolute atomic E-state index is 4.45. The van der Waals surface area contributed by atoms with Gasteiger partial charge in [-0.25, -0.2) is 0 Å². The van der Waals surface area contributed by atoms with Crippen molar-refractivity contribution in [3.8, 4) is 0 Å². The van der Waals surface area contributed by atoms with Crippen LogP contribution < -0.4 is 0 Å². The Bertz CT molecular complexity index is 114. The molecule has 0 N–H and O–H groups in total. The zero-order valence-electron chi connectivity index (χ0n) is 2.96. The van der Waals surface area contributed by atoms with E-state index in [9.17, 15) is 0 Å². The summed E-state index contributed by atoms with van der Waals surface area (Å²) < 4.78 is 4.45. The predicted octanol–water partition coefficient (Wildman–Crippen LogP) is 0.963. The van der Waals surface area contributed by atoms with Crippen LogP contribution in [0.3, 0.4) is 0 Å². The van der Waals surface area contributed by atoms with Gasteiger partial charge in [0.05, 0.1) is 6.20 Å². The van der Waals surface area contributed by atoms with E-state index in [4.69, 9.17) is 0 Å². The summed E-state index contributed by atoms with van der Waals surface area (Å²) in [7, 11) is 0. The number of aromatic nitrogens is 1. The minimum atomic E-state index is 0.551. The van der Waals surface area contributed by atoms with Crippen LogP contribution in [0.15, 0.2) is 21.9 Å². The number of thiol groups is 1. The summed E-state index contributed by atoms with van der Waals surface area (Å²) in [5, 5.41) is 3.92. The summed E-state index contributed by atoms with van der Waals surface area (Å²) in [5.41, 5.74) is 0. The van der Waals surface area contributed by atoms with Crippen LogP contribution in [0.5, 0.6) is 0 Å². The minimum absolute atomic E-state index is 0.551. The van der Waals surface area contributed by atoms with E-state index in [1.807, 2.05) is 0 Å². The van der Waals surface area contributed by atoms with E-state index < -0.39 is 0 Å². The maximum Gasteiger partial charge on any atom is 0.190 e. The van der Waals surface area contributed by atoms with Crippen molar-refractivity contribution in [2.75, 3.05) is 0 Å². The van der Waals surface area contributed by atoms with Crippen LogP contribution in [-0.4, -0.2) is 5.16 Å². The molecular weight excluding hydrogens is 98.1 g/mol. The summed E-state index contributed by atoms with van der Waals surface area (Å²) in [5.74, 6) is 0. The molecule has 0 bridgehead atoms. The normalized spacial score (nSPS) is 8.83. The largest absolute Gasteiger partial charge is 0.350 e. The highest BCUT2D eigenvalue weighted by molar-refractivity contribution is 7.80. The molecule has 0 aliphatic rings. The number of nitrogens with zero attached hydrogens (tertiary/aromatic N) is 1. The van der Waals surface area contributed by atoms with Gasteiger partial charge < -0.3 is 4.52 Å². The lowest BCUT2D eigenvalue weighted by Gasteiger charge is -1.64. The number of hydrogen-bond acceptors (Lipinski definition) is 3. The molecule has 0 aliphatic carbocycles. The predicted molar refractivity (Wildman–Crippen MR) is 23.8 cm³/mol. The monoisotopic (exact) mass is 101 g/mol. The van der Waals surface area contributed by atoms with Gasteiger partial charge >= 0.3 is 0 Å². The summed E-state index contributed by atoms with van der Waals surface area (Å²) >= 11 is 3.81. The average molecular weight is 101 g/mol. The lowest BCUT2D eigenvalue weighted by Crippen LogP contribution is -1.43. The van der Waals surface area contributed by atoms with Crippen molar-refractivity contribution in [1.82, 2.24) is 5.16 Å². The minimum Gasteiger partial charge on any atom is -0.350 e. The smallest absolute Gasteiger partial charge is 0.190 e. The molecule has 1 aromatic heterocycles. The summed E-state index contributed by atoms with van der Waals surface area (Å²) in [4.78, 5) is 0. The highest BCUT2D eigenvalue weighted by Gasteiger charge is 1.79. The van der Waals surface area contributed by atoms with Crippen molar-refractivity contribution in [2.45, 2.75) is 5.09 Å². The Morgan fingerprint density at radius 1 is 1.83 bits per heavy atom. The van der Waals surface area contributed by atoms with Crippen LogP contribution >= 0.6 is 12.6 Å². The summed E-state index contributed by atoms with van der Waals surface area (Å²) in [6, 6.07) is 1.67. The van der Waals surface area contributed by atoms with Crippen LogP contribution in [0.1, 0.15) is 0 Å². The Hall–Kier alpha value is -0.440. The van der Waals surface area contributed by atoms with Gasteiger partial charge in [-0.1, -0.05) is 5.16 Å². The molecular formula is C3H3NOS. The molecule has 1 heterocycles. The number of hydrogen-bond donors (Lipinski definition) is 1. The van der Waals surface area contributed by atoms with E-state index in [2.05, 4.69) is 22.3 Å². The Kier molecular flexibility index (Phi) is 0.837. The van der Waals surface area contributed by atoms with Crippen molar-refractivity contribution in [2.24, 2.45) is 0 Å². The van der Waals surface area contributed by atoms with E-state index in [1.54, 1.807) is 12.3 Å². The molecule has 32 valence electrons. The van der Waals surface area contributed by atoms with Crippen LogP contribution in [0.4, 0.5) is 0 Å². The van der Waals surface area contributed by atoms with Gasteiger partial charge in [-0.3, -0.25) is 0 Å². The molecule has 0 radical (unpaired) electrons. The fourth-order valence-electron chi connectivity index (χ4n) is 0.209. The van der Waals surface area contributed by atoms with Gasteiger partial charge in [0, 0.05) is 6.07 Å². The third kappa shape index (κ3) is 0.542. The van der Waals surface area contributed by atoms with E-state index >= 15 is 0 Å². The highest BCUT2D eigenvalue weighted by Crippen LogP contribution is 1.98. The second kappa shape index (κ2) is 1.34. The van der Waals surface area contributed by atoms with Gasteiger partial charge in [0.1, 0.15) is 0 Å². The molecule has 0 saturated carbocycles. The average Bonchev–Trinajstić information content (AvgIpc) is 1.86. The molecule has 0 aliphatic heterocycles. The van der Waals surface area contributed by atoms with Crippen LogP contribution in [0.25, 0.3) is 0 Å². The fraction of sp³-hybridized carbons (Fsp3) is 0. The second-order valence-electron chi connectivity index (χ2n) is 0.851. The first-order chi connectivity index (χ1) is 2.89. The molecule has 0 spiro atoms. The molecule has 2 nitrogen and oxygen atoms in total. The Labute approximate surface area is 40.6 Å². The lowest BCUT2D eigenvalue weighted by atomic mass is 10.8. The fourth-order valence-corrected chi connectivity index (χ4v) is 0.323. The van der Waals surface area contributed by atoms with Gasteiger partial charge in [0.2, 0.25) is 0 Å². The van der Waals surface area contributed by atoms with Crippen molar-refractivity contribution in [3.05, 3.63) is 12.3 Å². The molecule has 0 fully saturated rings. The Morgan fingerprint density at radius 3 is 2.83 bits per heavy atom. The van der Waals surface area contributed by atoms with Gasteiger partial charge in [0.25, 0.3) is 0 Å². The topological polar surface area (TPSA) is 26.0 Å². The van der Waals surface area contributed by atoms with Crippen LogP contribution in [-0.2, 0) is 0 Å².